The summed E-state index contributed by atoms with van der Waals surface area (Å²) in [5, 5.41) is 0. The highest BCUT2D eigenvalue weighted by atomic mass is 32.2. The predicted octanol–water partition coefficient (Wildman–Crippen LogP) is 1.97. The number of anilines is 1. The summed E-state index contributed by atoms with van der Waals surface area (Å²) in [5.41, 5.74) is 5.17. The van der Waals surface area contributed by atoms with Crippen LogP contribution < -0.4 is 20.3 Å². The van der Waals surface area contributed by atoms with Crippen molar-refractivity contribution in [3.8, 4) is 5.75 Å². The van der Waals surface area contributed by atoms with Crippen LogP contribution in [-0.4, -0.2) is 32.3 Å². The van der Waals surface area contributed by atoms with Crippen molar-refractivity contribution in [2.45, 2.75) is 4.90 Å². The molecule has 3 rings (SSSR count). The molecule has 0 atom stereocenters. The second kappa shape index (κ2) is 9.05. The maximum absolute atomic E-state index is 12.5. The number of hydrogen-bond donors (Lipinski definition) is 3. The number of carbonyl (C=O) groups is 2. The molecule has 0 unspecified atom stereocenters. The van der Waals surface area contributed by atoms with Crippen molar-refractivity contribution >= 4 is 27.5 Å². The Morgan fingerprint density at radius 2 is 1.53 bits per heavy atom. The minimum absolute atomic E-state index is 0.0209. The van der Waals surface area contributed by atoms with Gasteiger partial charge >= 0.3 is 0 Å². The number of hydrogen-bond acceptors (Lipinski definition) is 6. The molecule has 1 heterocycles. The topological polar surface area (TPSA) is 126 Å². The van der Waals surface area contributed by atoms with Crippen LogP contribution in [0, 0.1) is 0 Å². The van der Waals surface area contributed by atoms with Crippen molar-refractivity contribution in [1.29, 1.82) is 0 Å². The highest BCUT2D eigenvalue weighted by Gasteiger charge is 2.16. The first-order valence-corrected chi connectivity index (χ1v) is 10.2. The Morgan fingerprint density at radius 3 is 2.13 bits per heavy atom. The van der Waals surface area contributed by atoms with Gasteiger partial charge in [-0.3, -0.25) is 30.1 Å². The number of sulfonamides is 1. The van der Waals surface area contributed by atoms with E-state index in [-0.39, 0.29) is 16.2 Å². The summed E-state index contributed by atoms with van der Waals surface area (Å²) in [4.78, 5) is 27.9. The molecule has 0 saturated heterocycles. The predicted molar refractivity (Wildman–Crippen MR) is 109 cm³/mol. The summed E-state index contributed by atoms with van der Waals surface area (Å²) >= 11 is 0. The minimum atomic E-state index is -3.84. The third kappa shape index (κ3) is 5.11. The Kier molecular flexibility index (Phi) is 6.28. The first-order chi connectivity index (χ1) is 14.4. The molecule has 0 aliphatic heterocycles. The molecule has 2 amide bonds. The standard InChI is InChI=1S/C20H18N4O5S/c1-29-16-9-7-15(8-10-16)24-30(27,28)17-11-5-14(6-12-17)19(25)22-23-20(26)18-4-2-3-13-21-18/h2-13,24H,1H3,(H,22,25)(H,23,26). The lowest BCUT2D eigenvalue weighted by molar-refractivity contribution is 0.0844. The first kappa shape index (κ1) is 20.8. The van der Waals surface area contributed by atoms with Gasteiger partial charge in [-0.2, -0.15) is 0 Å². The number of rotatable bonds is 6. The second-order valence-corrected chi connectivity index (χ2v) is 7.66. The summed E-state index contributed by atoms with van der Waals surface area (Å²) in [6.07, 6.45) is 1.45. The van der Waals surface area contributed by atoms with Crippen LogP contribution in [-0.2, 0) is 10.0 Å². The Balaban J connectivity index is 1.63. The summed E-state index contributed by atoms with van der Waals surface area (Å²) in [7, 11) is -2.32. The number of hydrazine groups is 1. The molecular formula is C20H18N4O5S. The zero-order valence-corrected chi connectivity index (χ0v) is 16.6. The van der Waals surface area contributed by atoms with Crippen LogP contribution in [0.1, 0.15) is 20.8 Å². The van der Waals surface area contributed by atoms with Gasteiger partial charge in [-0.05, 0) is 60.7 Å². The average Bonchev–Trinajstić information content (AvgIpc) is 2.78. The number of nitrogens with one attached hydrogen (secondary N) is 3. The van der Waals surface area contributed by atoms with Gasteiger partial charge in [0.05, 0.1) is 12.0 Å². The van der Waals surface area contributed by atoms with E-state index < -0.39 is 21.8 Å². The number of amides is 2. The van der Waals surface area contributed by atoms with Crippen molar-refractivity contribution in [3.63, 3.8) is 0 Å². The molecule has 10 heteroatoms. The second-order valence-electron chi connectivity index (χ2n) is 5.98. The Morgan fingerprint density at radius 1 is 0.867 bits per heavy atom. The van der Waals surface area contributed by atoms with Gasteiger partial charge in [0.25, 0.3) is 21.8 Å². The molecule has 0 spiro atoms. The van der Waals surface area contributed by atoms with E-state index in [0.717, 1.165) is 0 Å². The number of ether oxygens (including phenoxy) is 1. The molecule has 0 bridgehead atoms. The third-order valence-electron chi connectivity index (χ3n) is 3.96. The van der Waals surface area contributed by atoms with Crippen LogP contribution in [0.4, 0.5) is 5.69 Å². The number of carbonyl (C=O) groups excluding carboxylic acids is 2. The minimum Gasteiger partial charge on any atom is -0.497 e. The van der Waals surface area contributed by atoms with Gasteiger partial charge in [-0.15, -0.1) is 0 Å². The molecule has 2 aromatic carbocycles. The van der Waals surface area contributed by atoms with E-state index in [1.807, 2.05) is 0 Å². The number of pyridine rings is 1. The van der Waals surface area contributed by atoms with Crippen LogP contribution in [0.3, 0.4) is 0 Å². The summed E-state index contributed by atoms with van der Waals surface area (Å²) in [5.74, 6) is -0.582. The van der Waals surface area contributed by atoms with Gasteiger partial charge in [-0.25, -0.2) is 8.42 Å². The van der Waals surface area contributed by atoms with Gasteiger partial charge in [0.15, 0.2) is 0 Å². The molecule has 9 nitrogen and oxygen atoms in total. The Bertz CT molecular complexity index is 1130. The number of benzene rings is 2. The monoisotopic (exact) mass is 426 g/mol. The molecule has 0 fully saturated rings. The van der Waals surface area contributed by atoms with Crippen LogP contribution in [0.2, 0.25) is 0 Å². The van der Waals surface area contributed by atoms with E-state index in [1.165, 1.54) is 43.6 Å². The van der Waals surface area contributed by atoms with Gasteiger partial charge in [-0.1, -0.05) is 6.07 Å². The lowest BCUT2D eigenvalue weighted by atomic mass is 10.2. The van der Waals surface area contributed by atoms with Gasteiger partial charge < -0.3 is 4.74 Å². The highest BCUT2D eigenvalue weighted by molar-refractivity contribution is 7.92. The van der Waals surface area contributed by atoms with Gasteiger partial charge in [0, 0.05) is 17.4 Å². The van der Waals surface area contributed by atoms with Gasteiger partial charge in [0.1, 0.15) is 11.4 Å². The zero-order valence-electron chi connectivity index (χ0n) is 15.8. The number of methoxy groups -OCH3 is 1. The van der Waals surface area contributed by atoms with E-state index in [4.69, 9.17) is 4.74 Å². The number of nitrogens with zero attached hydrogens (tertiary/aromatic N) is 1. The summed E-state index contributed by atoms with van der Waals surface area (Å²) < 4.78 is 32.5. The summed E-state index contributed by atoms with van der Waals surface area (Å²) in [6, 6.07) is 16.5. The normalized spacial score (nSPS) is 10.7. The SMILES string of the molecule is COc1ccc(NS(=O)(=O)c2ccc(C(=O)NNC(=O)c3ccccn3)cc2)cc1. The van der Waals surface area contributed by atoms with Crippen molar-refractivity contribution in [1.82, 2.24) is 15.8 Å². The lowest BCUT2D eigenvalue weighted by Gasteiger charge is -2.10. The fraction of sp³-hybridized carbons (Fsp3) is 0.0500. The van der Waals surface area contributed by atoms with Crippen LogP contribution in [0.15, 0.2) is 77.8 Å². The quantitative estimate of drug-likeness (QED) is 0.517. The first-order valence-electron chi connectivity index (χ1n) is 8.68. The lowest BCUT2D eigenvalue weighted by Crippen LogP contribution is -2.41. The van der Waals surface area contributed by atoms with E-state index >= 15 is 0 Å². The molecule has 154 valence electrons. The third-order valence-corrected chi connectivity index (χ3v) is 5.35. The maximum Gasteiger partial charge on any atom is 0.288 e. The maximum atomic E-state index is 12.5. The molecular weight excluding hydrogens is 408 g/mol. The van der Waals surface area contributed by atoms with Crippen molar-refractivity contribution < 1.29 is 22.7 Å². The van der Waals surface area contributed by atoms with E-state index in [9.17, 15) is 18.0 Å². The molecule has 0 saturated carbocycles. The van der Waals surface area contributed by atoms with Crippen molar-refractivity contribution in [2.24, 2.45) is 0 Å². The molecule has 30 heavy (non-hydrogen) atoms. The number of aromatic nitrogens is 1. The van der Waals surface area contributed by atoms with Crippen LogP contribution in [0.25, 0.3) is 0 Å². The van der Waals surface area contributed by atoms with E-state index in [0.29, 0.717) is 11.4 Å². The fourth-order valence-electron chi connectivity index (χ4n) is 2.41. The van der Waals surface area contributed by atoms with Crippen LogP contribution in [0.5, 0.6) is 5.75 Å². The van der Waals surface area contributed by atoms with Gasteiger partial charge in [0.2, 0.25) is 0 Å². The highest BCUT2D eigenvalue weighted by Crippen LogP contribution is 2.19. The fourth-order valence-corrected chi connectivity index (χ4v) is 3.46. The Hall–Kier alpha value is -3.92. The zero-order chi connectivity index (χ0) is 21.6. The molecule has 1 aromatic heterocycles. The molecule has 0 aliphatic carbocycles. The largest absolute Gasteiger partial charge is 0.497 e. The molecule has 0 radical (unpaired) electrons. The van der Waals surface area contributed by atoms with Crippen molar-refractivity contribution in [2.75, 3.05) is 11.8 Å². The van der Waals surface area contributed by atoms with Crippen LogP contribution >= 0.6 is 0 Å². The summed E-state index contributed by atoms with van der Waals surface area (Å²) in [6.45, 7) is 0. The van der Waals surface area contributed by atoms with E-state index in [1.54, 1.807) is 36.4 Å². The molecule has 0 aliphatic rings. The Labute approximate surface area is 173 Å². The van der Waals surface area contributed by atoms with Crippen molar-refractivity contribution in [3.05, 3.63) is 84.2 Å². The smallest absolute Gasteiger partial charge is 0.288 e. The molecule has 3 aromatic rings. The van der Waals surface area contributed by atoms with E-state index in [2.05, 4.69) is 20.6 Å². The molecule has 3 N–H and O–H groups in total. The average molecular weight is 426 g/mol.